The summed E-state index contributed by atoms with van der Waals surface area (Å²) in [6.07, 6.45) is 5.03. The Labute approximate surface area is 102 Å². The van der Waals surface area contributed by atoms with Crippen molar-refractivity contribution in [3.05, 3.63) is 34.9 Å². The zero-order chi connectivity index (χ0) is 11.8. The van der Waals surface area contributed by atoms with Gasteiger partial charge in [-0.15, -0.1) is 0 Å². The van der Waals surface area contributed by atoms with E-state index in [1.165, 1.54) is 42.4 Å². The quantitative estimate of drug-likeness (QED) is 0.788. The summed E-state index contributed by atoms with van der Waals surface area (Å²) >= 11 is 0. The SMILES string of the molecule is CN1C(=O)NCC1c1ccc2c(c1)CCCC2. The number of amides is 2. The normalized spacial score (nSPS) is 23.5. The number of benzene rings is 1. The van der Waals surface area contributed by atoms with Crippen LogP contribution < -0.4 is 5.32 Å². The number of nitrogens with one attached hydrogen (secondary N) is 1. The first kappa shape index (κ1) is 10.6. The molecule has 1 atom stereocenters. The Morgan fingerprint density at radius 1 is 1.24 bits per heavy atom. The van der Waals surface area contributed by atoms with Gasteiger partial charge in [0.1, 0.15) is 0 Å². The summed E-state index contributed by atoms with van der Waals surface area (Å²) in [6.45, 7) is 0.730. The van der Waals surface area contributed by atoms with Crippen molar-refractivity contribution in [1.82, 2.24) is 10.2 Å². The van der Waals surface area contributed by atoms with Crippen LogP contribution in [-0.4, -0.2) is 24.5 Å². The molecule has 1 unspecified atom stereocenters. The van der Waals surface area contributed by atoms with Crippen LogP contribution in [0.5, 0.6) is 0 Å². The Bertz CT molecular complexity index is 456. The van der Waals surface area contributed by atoms with Gasteiger partial charge in [0, 0.05) is 13.6 Å². The predicted octanol–water partition coefficient (Wildman–Crippen LogP) is 2.26. The van der Waals surface area contributed by atoms with Crippen LogP contribution in [0.25, 0.3) is 0 Å². The van der Waals surface area contributed by atoms with Gasteiger partial charge >= 0.3 is 6.03 Å². The van der Waals surface area contributed by atoms with Crippen LogP contribution >= 0.6 is 0 Å². The van der Waals surface area contributed by atoms with E-state index in [2.05, 4.69) is 23.5 Å². The van der Waals surface area contributed by atoms with Crippen molar-refractivity contribution in [2.24, 2.45) is 0 Å². The van der Waals surface area contributed by atoms with Gasteiger partial charge in [0.25, 0.3) is 0 Å². The van der Waals surface area contributed by atoms with Crippen LogP contribution in [0.15, 0.2) is 18.2 Å². The smallest absolute Gasteiger partial charge is 0.317 e. The minimum Gasteiger partial charge on any atom is -0.336 e. The lowest BCUT2D eigenvalue weighted by molar-refractivity contribution is 0.216. The van der Waals surface area contributed by atoms with E-state index in [1.807, 2.05) is 7.05 Å². The molecule has 17 heavy (non-hydrogen) atoms. The van der Waals surface area contributed by atoms with E-state index in [0.717, 1.165) is 6.54 Å². The zero-order valence-electron chi connectivity index (χ0n) is 10.2. The molecule has 0 spiro atoms. The molecule has 90 valence electrons. The largest absolute Gasteiger partial charge is 0.336 e. The zero-order valence-corrected chi connectivity index (χ0v) is 10.2. The first-order valence-corrected chi connectivity index (χ1v) is 6.38. The topological polar surface area (TPSA) is 32.3 Å². The molecule has 1 saturated heterocycles. The van der Waals surface area contributed by atoms with Gasteiger partial charge in [0.2, 0.25) is 0 Å². The van der Waals surface area contributed by atoms with E-state index in [0.29, 0.717) is 0 Å². The number of hydrogen-bond donors (Lipinski definition) is 1. The van der Waals surface area contributed by atoms with Crippen LogP contribution in [0, 0.1) is 0 Å². The van der Waals surface area contributed by atoms with Gasteiger partial charge in [-0.25, -0.2) is 4.79 Å². The maximum absolute atomic E-state index is 11.5. The van der Waals surface area contributed by atoms with Crippen molar-refractivity contribution in [2.45, 2.75) is 31.7 Å². The molecule has 3 heteroatoms. The first-order chi connectivity index (χ1) is 8.25. The number of carbonyl (C=O) groups excluding carboxylic acids is 1. The van der Waals surface area contributed by atoms with Crippen LogP contribution in [0.2, 0.25) is 0 Å². The van der Waals surface area contributed by atoms with Gasteiger partial charge in [-0.05, 0) is 42.4 Å². The minimum atomic E-state index is 0.0349. The van der Waals surface area contributed by atoms with Crippen molar-refractivity contribution >= 4 is 6.03 Å². The van der Waals surface area contributed by atoms with Gasteiger partial charge < -0.3 is 10.2 Å². The second-order valence-electron chi connectivity index (χ2n) is 5.05. The standard InChI is InChI=1S/C14H18N2O/c1-16-13(9-15-14(16)17)12-7-6-10-4-2-3-5-11(10)8-12/h6-8,13H,2-5,9H2,1H3,(H,15,17). The van der Waals surface area contributed by atoms with Crippen LogP contribution in [-0.2, 0) is 12.8 Å². The highest BCUT2D eigenvalue weighted by Gasteiger charge is 2.28. The highest BCUT2D eigenvalue weighted by atomic mass is 16.2. The van der Waals surface area contributed by atoms with Crippen molar-refractivity contribution < 1.29 is 4.79 Å². The van der Waals surface area contributed by atoms with E-state index >= 15 is 0 Å². The average Bonchev–Trinajstić information content (AvgIpc) is 2.70. The number of nitrogens with zero attached hydrogens (tertiary/aromatic N) is 1. The van der Waals surface area contributed by atoms with Gasteiger partial charge in [-0.2, -0.15) is 0 Å². The van der Waals surface area contributed by atoms with Gasteiger partial charge in [0.15, 0.2) is 0 Å². The maximum Gasteiger partial charge on any atom is 0.317 e. The summed E-state index contributed by atoms with van der Waals surface area (Å²) in [4.78, 5) is 13.3. The highest BCUT2D eigenvalue weighted by Crippen LogP contribution is 2.28. The molecule has 1 heterocycles. The molecule has 1 aliphatic heterocycles. The first-order valence-electron chi connectivity index (χ1n) is 6.38. The van der Waals surface area contributed by atoms with Crippen LogP contribution in [0.4, 0.5) is 4.79 Å². The Kier molecular flexibility index (Phi) is 2.54. The van der Waals surface area contributed by atoms with E-state index in [-0.39, 0.29) is 12.1 Å². The number of aryl methyl sites for hydroxylation is 2. The van der Waals surface area contributed by atoms with Gasteiger partial charge in [0.05, 0.1) is 6.04 Å². The molecule has 1 aromatic carbocycles. The summed E-state index contributed by atoms with van der Waals surface area (Å²) in [6, 6.07) is 6.98. The fourth-order valence-corrected chi connectivity index (χ4v) is 2.89. The molecule has 2 amide bonds. The predicted molar refractivity (Wildman–Crippen MR) is 67.0 cm³/mol. The number of fused-ring (bicyclic) bond motifs is 1. The molecule has 1 N–H and O–H groups in total. The maximum atomic E-state index is 11.5. The number of hydrogen-bond acceptors (Lipinski definition) is 1. The summed E-state index contributed by atoms with van der Waals surface area (Å²) in [5.74, 6) is 0. The lowest BCUT2D eigenvalue weighted by atomic mass is 9.89. The fraction of sp³-hybridized carbons (Fsp3) is 0.500. The fourth-order valence-electron chi connectivity index (χ4n) is 2.89. The van der Waals surface area contributed by atoms with E-state index in [4.69, 9.17) is 0 Å². The molecule has 1 aromatic rings. The van der Waals surface area contributed by atoms with Crippen molar-refractivity contribution in [3.63, 3.8) is 0 Å². The van der Waals surface area contributed by atoms with Gasteiger partial charge in [-0.3, -0.25) is 0 Å². The van der Waals surface area contributed by atoms with Crippen molar-refractivity contribution in [1.29, 1.82) is 0 Å². The Balaban J connectivity index is 1.91. The summed E-state index contributed by atoms with van der Waals surface area (Å²) in [5, 5.41) is 2.88. The Morgan fingerprint density at radius 3 is 2.71 bits per heavy atom. The second-order valence-corrected chi connectivity index (χ2v) is 5.05. The van der Waals surface area contributed by atoms with Crippen molar-refractivity contribution in [3.8, 4) is 0 Å². The van der Waals surface area contributed by atoms with E-state index in [9.17, 15) is 4.79 Å². The highest BCUT2D eigenvalue weighted by molar-refractivity contribution is 5.76. The second kappa shape index (κ2) is 4.06. The lowest BCUT2D eigenvalue weighted by Crippen LogP contribution is -2.25. The summed E-state index contributed by atoms with van der Waals surface area (Å²) in [5.41, 5.74) is 4.26. The molecule has 3 nitrogen and oxygen atoms in total. The van der Waals surface area contributed by atoms with E-state index in [1.54, 1.807) is 4.90 Å². The average molecular weight is 230 g/mol. The number of urea groups is 1. The van der Waals surface area contributed by atoms with Gasteiger partial charge in [-0.1, -0.05) is 18.2 Å². The monoisotopic (exact) mass is 230 g/mol. The Hall–Kier alpha value is -1.51. The molecular weight excluding hydrogens is 212 g/mol. The summed E-state index contributed by atoms with van der Waals surface area (Å²) in [7, 11) is 1.87. The molecule has 3 rings (SSSR count). The molecule has 0 bridgehead atoms. The third-order valence-electron chi connectivity index (χ3n) is 3.99. The molecular formula is C14H18N2O. The van der Waals surface area contributed by atoms with E-state index < -0.39 is 0 Å². The molecule has 0 aromatic heterocycles. The molecule has 2 aliphatic rings. The minimum absolute atomic E-state index is 0.0349. The summed E-state index contributed by atoms with van der Waals surface area (Å²) < 4.78 is 0. The number of carbonyl (C=O) groups is 1. The van der Waals surface area contributed by atoms with Crippen LogP contribution in [0.1, 0.15) is 35.6 Å². The van der Waals surface area contributed by atoms with Crippen LogP contribution in [0.3, 0.4) is 0 Å². The molecule has 0 radical (unpaired) electrons. The Morgan fingerprint density at radius 2 is 2.00 bits per heavy atom. The lowest BCUT2D eigenvalue weighted by Gasteiger charge is -2.22. The number of rotatable bonds is 1. The molecule has 1 aliphatic carbocycles. The molecule has 0 saturated carbocycles. The number of likely N-dealkylation sites (N-methyl/N-ethyl adjacent to an activating group) is 1. The third kappa shape index (κ3) is 1.79. The van der Waals surface area contributed by atoms with Crippen molar-refractivity contribution in [2.75, 3.05) is 13.6 Å². The third-order valence-corrected chi connectivity index (χ3v) is 3.99. The molecule has 1 fully saturated rings.